The fourth-order valence-electron chi connectivity index (χ4n) is 1.70. The molecule has 0 aliphatic heterocycles. The molecule has 0 radical (unpaired) electrons. The first-order valence-electron chi connectivity index (χ1n) is 6.17. The van der Waals surface area contributed by atoms with E-state index in [2.05, 4.69) is 79.6 Å². The number of halogens is 2. The van der Waals surface area contributed by atoms with Crippen LogP contribution in [0.4, 0.5) is 0 Å². The molecular weight excluding hydrogens is 510 g/mol. The Morgan fingerprint density at radius 2 is 1.48 bits per heavy atom. The highest BCUT2D eigenvalue weighted by atomic mass is 127. The molecule has 6 heteroatoms. The first-order valence-corrected chi connectivity index (χ1v) is 9.32. The number of thioether (sulfide) groups is 1. The summed E-state index contributed by atoms with van der Waals surface area (Å²) in [5, 5.41) is 8.79. The summed E-state index contributed by atoms with van der Waals surface area (Å²) in [6.45, 7) is 0. The first-order chi connectivity index (χ1) is 10.2. The Labute approximate surface area is 154 Å². The standard InChI is InChI=1S/C15H10I2N2OS/c16-12-5-1-10(2-6-12)9-21-15-19-18-14(20-15)11-3-7-13(17)8-4-11/h1-8H,9H2. The molecular formula is C15H10I2N2OS. The lowest BCUT2D eigenvalue weighted by Crippen LogP contribution is -1.81. The molecule has 0 atom stereocenters. The monoisotopic (exact) mass is 520 g/mol. The van der Waals surface area contributed by atoms with Crippen LogP contribution in [0.1, 0.15) is 5.56 Å². The normalized spacial score (nSPS) is 10.8. The van der Waals surface area contributed by atoms with Crippen LogP contribution in [0.5, 0.6) is 0 Å². The van der Waals surface area contributed by atoms with Gasteiger partial charge >= 0.3 is 0 Å². The molecule has 0 saturated heterocycles. The van der Waals surface area contributed by atoms with Gasteiger partial charge in [-0.05, 0) is 87.1 Å². The molecule has 3 rings (SSSR count). The lowest BCUT2D eigenvalue weighted by atomic mass is 10.2. The van der Waals surface area contributed by atoms with Crippen LogP contribution < -0.4 is 0 Å². The number of hydrogen-bond acceptors (Lipinski definition) is 4. The molecule has 3 aromatic rings. The van der Waals surface area contributed by atoms with Gasteiger partial charge in [-0.2, -0.15) is 0 Å². The third-order valence-corrected chi connectivity index (χ3v) is 5.10. The molecule has 0 fully saturated rings. The van der Waals surface area contributed by atoms with Gasteiger partial charge in [-0.3, -0.25) is 0 Å². The number of benzene rings is 2. The van der Waals surface area contributed by atoms with Crippen molar-refractivity contribution < 1.29 is 4.42 Å². The van der Waals surface area contributed by atoms with E-state index in [-0.39, 0.29) is 0 Å². The molecule has 3 nitrogen and oxygen atoms in total. The second-order valence-electron chi connectivity index (χ2n) is 4.30. The van der Waals surface area contributed by atoms with Crippen molar-refractivity contribution in [2.75, 3.05) is 0 Å². The second-order valence-corrected chi connectivity index (χ2v) is 7.71. The van der Waals surface area contributed by atoms with Crippen LogP contribution in [0, 0.1) is 7.14 Å². The summed E-state index contributed by atoms with van der Waals surface area (Å²) in [6, 6.07) is 16.5. The summed E-state index contributed by atoms with van der Waals surface area (Å²) in [7, 11) is 0. The van der Waals surface area contributed by atoms with Gasteiger partial charge in [0.2, 0.25) is 5.89 Å². The third-order valence-electron chi connectivity index (χ3n) is 2.77. The Kier molecular flexibility index (Phi) is 5.17. The number of rotatable bonds is 4. The Hall–Kier alpha value is -0.610. The van der Waals surface area contributed by atoms with E-state index in [1.807, 2.05) is 24.3 Å². The van der Waals surface area contributed by atoms with Crippen LogP contribution in [0.2, 0.25) is 0 Å². The van der Waals surface area contributed by atoms with E-state index in [0.29, 0.717) is 11.1 Å². The van der Waals surface area contributed by atoms with Gasteiger partial charge in [0, 0.05) is 18.5 Å². The average molecular weight is 520 g/mol. The number of aromatic nitrogens is 2. The topological polar surface area (TPSA) is 38.9 Å². The lowest BCUT2D eigenvalue weighted by Gasteiger charge is -1.98. The molecule has 0 amide bonds. The molecule has 0 aliphatic rings. The van der Waals surface area contributed by atoms with E-state index in [1.165, 1.54) is 12.7 Å². The van der Waals surface area contributed by atoms with Crippen LogP contribution in [0.25, 0.3) is 11.5 Å². The Morgan fingerprint density at radius 3 is 2.14 bits per heavy atom. The molecule has 1 heterocycles. The van der Waals surface area contributed by atoms with Gasteiger partial charge in [-0.1, -0.05) is 23.9 Å². The Balaban J connectivity index is 1.67. The quantitative estimate of drug-likeness (QED) is 0.349. The Morgan fingerprint density at radius 1 is 0.857 bits per heavy atom. The van der Waals surface area contributed by atoms with Gasteiger partial charge in [-0.15, -0.1) is 10.2 Å². The predicted octanol–water partition coefficient (Wildman–Crippen LogP) is 5.24. The number of nitrogens with zero attached hydrogens (tertiary/aromatic N) is 2. The van der Waals surface area contributed by atoms with Crippen molar-refractivity contribution >= 4 is 56.9 Å². The molecule has 106 valence electrons. The van der Waals surface area contributed by atoms with E-state index in [4.69, 9.17) is 4.42 Å². The van der Waals surface area contributed by atoms with Crippen molar-refractivity contribution in [3.63, 3.8) is 0 Å². The summed E-state index contributed by atoms with van der Waals surface area (Å²) >= 11 is 6.13. The van der Waals surface area contributed by atoms with Crippen LogP contribution in [-0.2, 0) is 5.75 Å². The van der Waals surface area contributed by atoms with E-state index < -0.39 is 0 Å². The molecule has 0 unspecified atom stereocenters. The van der Waals surface area contributed by atoms with Gasteiger partial charge in [0.1, 0.15) is 0 Å². The summed E-state index contributed by atoms with van der Waals surface area (Å²) in [5.74, 6) is 1.39. The van der Waals surface area contributed by atoms with E-state index in [0.717, 1.165) is 11.3 Å². The van der Waals surface area contributed by atoms with Crippen LogP contribution in [-0.4, -0.2) is 10.2 Å². The van der Waals surface area contributed by atoms with Crippen molar-refractivity contribution in [2.45, 2.75) is 11.0 Å². The van der Waals surface area contributed by atoms with Crippen molar-refractivity contribution in [3.8, 4) is 11.5 Å². The largest absolute Gasteiger partial charge is 0.411 e. The van der Waals surface area contributed by atoms with Gasteiger partial charge in [-0.25, -0.2) is 0 Å². The second kappa shape index (κ2) is 7.10. The third kappa shape index (κ3) is 4.19. The molecule has 2 aromatic carbocycles. The molecule has 1 aromatic heterocycles. The summed E-state index contributed by atoms with van der Waals surface area (Å²) < 4.78 is 8.11. The molecule has 0 bridgehead atoms. The Bertz CT molecular complexity index is 726. The minimum Gasteiger partial charge on any atom is -0.411 e. The maximum absolute atomic E-state index is 5.69. The smallest absolute Gasteiger partial charge is 0.277 e. The maximum Gasteiger partial charge on any atom is 0.277 e. The van der Waals surface area contributed by atoms with E-state index >= 15 is 0 Å². The fourth-order valence-corrected chi connectivity index (χ4v) is 3.14. The van der Waals surface area contributed by atoms with E-state index in [1.54, 1.807) is 11.8 Å². The van der Waals surface area contributed by atoms with Crippen molar-refractivity contribution in [2.24, 2.45) is 0 Å². The summed E-state index contributed by atoms with van der Waals surface area (Å²) in [6.07, 6.45) is 0. The van der Waals surface area contributed by atoms with Crippen LogP contribution >= 0.6 is 56.9 Å². The van der Waals surface area contributed by atoms with Gasteiger partial charge < -0.3 is 4.42 Å². The molecule has 0 saturated carbocycles. The van der Waals surface area contributed by atoms with Crippen LogP contribution in [0.3, 0.4) is 0 Å². The highest BCUT2D eigenvalue weighted by molar-refractivity contribution is 14.1. The predicted molar refractivity (Wildman–Crippen MR) is 101 cm³/mol. The highest BCUT2D eigenvalue weighted by Gasteiger charge is 2.09. The average Bonchev–Trinajstić information content (AvgIpc) is 2.96. The fraction of sp³-hybridized carbons (Fsp3) is 0.0667. The van der Waals surface area contributed by atoms with Gasteiger partial charge in [0.05, 0.1) is 0 Å². The van der Waals surface area contributed by atoms with Crippen molar-refractivity contribution in [1.29, 1.82) is 0 Å². The summed E-state index contributed by atoms with van der Waals surface area (Å²) in [4.78, 5) is 0. The molecule has 0 aliphatic carbocycles. The SMILES string of the molecule is Ic1ccc(CSc2nnc(-c3ccc(I)cc3)o2)cc1. The van der Waals surface area contributed by atoms with E-state index in [9.17, 15) is 0 Å². The van der Waals surface area contributed by atoms with Gasteiger partial charge in [0.25, 0.3) is 5.22 Å². The minimum atomic E-state index is 0.566. The first kappa shape index (κ1) is 15.3. The van der Waals surface area contributed by atoms with Crippen LogP contribution in [0.15, 0.2) is 58.2 Å². The lowest BCUT2D eigenvalue weighted by molar-refractivity contribution is 0.466. The summed E-state index contributed by atoms with van der Waals surface area (Å²) in [5.41, 5.74) is 2.19. The molecule has 0 spiro atoms. The van der Waals surface area contributed by atoms with Gasteiger partial charge in [0.15, 0.2) is 0 Å². The zero-order chi connectivity index (χ0) is 14.7. The van der Waals surface area contributed by atoms with Crippen molar-refractivity contribution in [3.05, 3.63) is 61.2 Å². The maximum atomic E-state index is 5.69. The minimum absolute atomic E-state index is 0.566. The zero-order valence-electron chi connectivity index (χ0n) is 10.8. The molecule has 21 heavy (non-hydrogen) atoms. The van der Waals surface area contributed by atoms with Crippen molar-refractivity contribution in [1.82, 2.24) is 10.2 Å². The number of hydrogen-bond donors (Lipinski definition) is 0. The zero-order valence-corrected chi connectivity index (χ0v) is 15.9. The highest BCUT2D eigenvalue weighted by Crippen LogP contribution is 2.26. The molecule has 0 N–H and O–H groups in total.